The minimum absolute atomic E-state index is 0.133. The van der Waals surface area contributed by atoms with Crippen molar-refractivity contribution in [1.29, 1.82) is 0 Å². The topological polar surface area (TPSA) is 64.0 Å². The molecule has 0 saturated carbocycles. The van der Waals surface area contributed by atoms with E-state index in [2.05, 4.69) is 36.4 Å². The summed E-state index contributed by atoms with van der Waals surface area (Å²) in [5.41, 5.74) is 6.70. The molecule has 28 heavy (non-hydrogen) atoms. The molecule has 0 fully saturated rings. The molecular weight excluding hydrogens is 350 g/mol. The summed E-state index contributed by atoms with van der Waals surface area (Å²) in [7, 11) is 0. The highest BCUT2D eigenvalue weighted by atomic mass is 16.2. The minimum Gasteiger partial charge on any atom is -0.324 e. The zero-order valence-corrected chi connectivity index (χ0v) is 16.7. The smallest absolute Gasteiger partial charge is 0.267 e. The average Bonchev–Trinajstić information content (AvgIpc) is 2.67. The van der Waals surface area contributed by atoms with E-state index in [1.807, 2.05) is 38.1 Å². The van der Waals surface area contributed by atoms with E-state index >= 15 is 0 Å². The molecule has 0 unspecified atom stereocenters. The number of nitrogens with one attached hydrogen (secondary N) is 1. The van der Waals surface area contributed by atoms with Crippen LogP contribution in [0.2, 0.25) is 0 Å². The molecule has 0 aliphatic rings. The van der Waals surface area contributed by atoms with Crippen LogP contribution in [0.3, 0.4) is 0 Å². The van der Waals surface area contributed by atoms with Gasteiger partial charge < -0.3 is 5.32 Å². The molecule has 3 rings (SSSR count). The van der Waals surface area contributed by atoms with Gasteiger partial charge in [0.2, 0.25) is 5.91 Å². The molecule has 1 N–H and O–H groups in total. The Morgan fingerprint density at radius 3 is 2.32 bits per heavy atom. The normalized spacial score (nSPS) is 10.7. The van der Waals surface area contributed by atoms with Crippen LogP contribution in [0.15, 0.2) is 53.3 Å². The maximum atomic E-state index is 12.4. The van der Waals surface area contributed by atoms with E-state index in [1.54, 1.807) is 6.07 Å². The Bertz CT molecular complexity index is 1070. The van der Waals surface area contributed by atoms with Crippen molar-refractivity contribution in [2.75, 3.05) is 5.32 Å². The van der Waals surface area contributed by atoms with Crippen molar-refractivity contribution in [3.05, 3.63) is 81.1 Å². The summed E-state index contributed by atoms with van der Waals surface area (Å²) in [4.78, 5) is 24.6. The molecule has 1 amide bonds. The van der Waals surface area contributed by atoms with Crippen LogP contribution in [0.5, 0.6) is 0 Å². The number of benzene rings is 2. The molecule has 0 radical (unpaired) electrons. The molecule has 2 aromatic carbocycles. The first kappa shape index (κ1) is 19.5. The highest BCUT2D eigenvalue weighted by molar-refractivity contribution is 5.90. The molecule has 0 bridgehead atoms. The first-order valence-electron chi connectivity index (χ1n) is 9.42. The number of aromatic nitrogens is 2. The Morgan fingerprint density at radius 2 is 1.64 bits per heavy atom. The van der Waals surface area contributed by atoms with Crippen LogP contribution >= 0.6 is 0 Å². The van der Waals surface area contributed by atoms with Gasteiger partial charge >= 0.3 is 0 Å². The first-order chi connectivity index (χ1) is 13.4. The molecular formula is C23H25N3O2. The Balaban J connectivity index is 1.82. The van der Waals surface area contributed by atoms with Crippen molar-refractivity contribution >= 4 is 11.6 Å². The first-order valence-corrected chi connectivity index (χ1v) is 9.42. The molecule has 0 atom stereocenters. The number of anilines is 1. The number of rotatable bonds is 5. The van der Waals surface area contributed by atoms with Gasteiger partial charge in [0.25, 0.3) is 5.56 Å². The van der Waals surface area contributed by atoms with Crippen molar-refractivity contribution in [2.24, 2.45) is 0 Å². The summed E-state index contributed by atoms with van der Waals surface area (Å²) in [5, 5.41) is 7.24. The fraction of sp³-hybridized carbons (Fsp3) is 0.261. The van der Waals surface area contributed by atoms with Gasteiger partial charge in [0.05, 0.1) is 5.69 Å². The maximum Gasteiger partial charge on any atom is 0.267 e. The number of aryl methyl sites for hydroxylation is 4. The second kappa shape index (κ2) is 8.21. The number of carbonyl (C=O) groups is 1. The third-order valence-electron chi connectivity index (χ3n) is 4.92. The molecule has 5 nitrogen and oxygen atoms in total. The molecule has 0 saturated heterocycles. The van der Waals surface area contributed by atoms with Crippen LogP contribution in [-0.4, -0.2) is 15.7 Å². The van der Waals surface area contributed by atoms with E-state index in [0.717, 1.165) is 23.1 Å². The molecule has 0 aliphatic heterocycles. The van der Waals surface area contributed by atoms with E-state index in [0.29, 0.717) is 11.4 Å². The van der Waals surface area contributed by atoms with E-state index in [-0.39, 0.29) is 18.0 Å². The van der Waals surface area contributed by atoms with Crippen LogP contribution in [0.4, 0.5) is 5.69 Å². The van der Waals surface area contributed by atoms with Gasteiger partial charge in [-0.15, -0.1) is 0 Å². The molecule has 3 aromatic rings. The lowest BCUT2D eigenvalue weighted by molar-refractivity contribution is -0.117. The third kappa shape index (κ3) is 4.36. The average molecular weight is 375 g/mol. The van der Waals surface area contributed by atoms with Crippen molar-refractivity contribution in [2.45, 2.75) is 40.7 Å². The number of amides is 1. The summed E-state index contributed by atoms with van der Waals surface area (Å²) in [6, 6.07) is 15.0. The predicted octanol–water partition coefficient (Wildman–Crippen LogP) is 4.04. The minimum atomic E-state index is -0.304. The van der Waals surface area contributed by atoms with E-state index < -0.39 is 0 Å². The number of nitrogens with zero attached hydrogens (tertiary/aromatic N) is 2. The lowest BCUT2D eigenvalue weighted by Crippen LogP contribution is -2.29. The molecule has 1 heterocycles. The fourth-order valence-electron chi connectivity index (χ4n) is 3.10. The monoisotopic (exact) mass is 375 g/mol. The van der Waals surface area contributed by atoms with Crippen molar-refractivity contribution in [1.82, 2.24) is 9.78 Å². The van der Waals surface area contributed by atoms with E-state index in [9.17, 15) is 9.59 Å². The largest absolute Gasteiger partial charge is 0.324 e. The maximum absolute atomic E-state index is 12.4. The fourth-order valence-corrected chi connectivity index (χ4v) is 3.10. The second-order valence-electron chi connectivity index (χ2n) is 7.06. The lowest BCUT2D eigenvalue weighted by Gasteiger charge is -2.12. The summed E-state index contributed by atoms with van der Waals surface area (Å²) >= 11 is 0. The highest BCUT2D eigenvalue weighted by Crippen LogP contribution is 2.24. The second-order valence-corrected chi connectivity index (χ2v) is 7.06. The van der Waals surface area contributed by atoms with Gasteiger partial charge in [0.1, 0.15) is 6.54 Å². The summed E-state index contributed by atoms with van der Waals surface area (Å²) in [6.07, 6.45) is 0.943. The van der Waals surface area contributed by atoms with Gasteiger partial charge in [-0.25, -0.2) is 4.68 Å². The van der Waals surface area contributed by atoms with Crippen LogP contribution < -0.4 is 10.9 Å². The molecule has 144 valence electrons. The Kier molecular flexibility index (Phi) is 5.73. The van der Waals surface area contributed by atoms with Gasteiger partial charge in [0.15, 0.2) is 0 Å². The molecule has 1 aromatic heterocycles. The van der Waals surface area contributed by atoms with Crippen LogP contribution in [0, 0.1) is 20.8 Å². The Hall–Kier alpha value is -3.21. The van der Waals surface area contributed by atoms with Gasteiger partial charge in [-0.1, -0.05) is 25.1 Å². The summed E-state index contributed by atoms with van der Waals surface area (Å²) < 4.78 is 1.21. The zero-order chi connectivity index (χ0) is 20.3. The van der Waals surface area contributed by atoms with Gasteiger partial charge in [0, 0.05) is 17.3 Å². The van der Waals surface area contributed by atoms with Gasteiger partial charge in [-0.2, -0.15) is 5.10 Å². The standard InChI is InChI=1S/C23H25N3O2/c1-5-18-6-8-19(9-7-18)24-22(27)14-26-23(28)11-10-21(25-26)20-13-16(3)15(2)12-17(20)4/h6-13H,5,14H2,1-4H3,(H,24,27). The van der Waals surface area contributed by atoms with Crippen LogP contribution in [0.1, 0.15) is 29.2 Å². The Labute approximate surface area is 165 Å². The lowest BCUT2D eigenvalue weighted by atomic mass is 9.99. The number of hydrogen-bond donors (Lipinski definition) is 1. The Morgan fingerprint density at radius 1 is 0.964 bits per heavy atom. The van der Waals surface area contributed by atoms with Gasteiger partial charge in [-0.05, 0) is 73.7 Å². The molecule has 5 heteroatoms. The summed E-state index contributed by atoms with van der Waals surface area (Å²) in [6.45, 7) is 8.08. The predicted molar refractivity (Wildman–Crippen MR) is 113 cm³/mol. The van der Waals surface area contributed by atoms with Crippen molar-refractivity contribution in [3.8, 4) is 11.3 Å². The molecule has 0 spiro atoms. The number of hydrogen-bond acceptors (Lipinski definition) is 3. The zero-order valence-electron chi connectivity index (χ0n) is 16.7. The quantitative estimate of drug-likeness (QED) is 0.732. The van der Waals surface area contributed by atoms with E-state index in [1.165, 1.54) is 21.9 Å². The molecule has 0 aliphatic carbocycles. The van der Waals surface area contributed by atoms with Crippen LogP contribution in [0.25, 0.3) is 11.3 Å². The van der Waals surface area contributed by atoms with Crippen molar-refractivity contribution in [3.63, 3.8) is 0 Å². The van der Waals surface area contributed by atoms with Crippen molar-refractivity contribution < 1.29 is 4.79 Å². The summed E-state index contributed by atoms with van der Waals surface area (Å²) in [5.74, 6) is -0.284. The van der Waals surface area contributed by atoms with Crippen LogP contribution in [-0.2, 0) is 17.8 Å². The van der Waals surface area contributed by atoms with Gasteiger partial charge in [-0.3, -0.25) is 9.59 Å². The highest BCUT2D eigenvalue weighted by Gasteiger charge is 2.11. The number of carbonyl (C=O) groups excluding carboxylic acids is 1. The van der Waals surface area contributed by atoms with E-state index in [4.69, 9.17) is 0 Å². The SMILES string of the molecule is CCc1ccc(NC(=O)Cn2nc(-c3cc(C)c(C)cc3C)ccc2=O)cc1. The third-order valence-corrected chi connectivity index (χ3v) is 4.92.